The minimum Gasteiger partial charge on any atom is -0.477 e. The molecule has 1 N–H and O–H groups in total. The molecule has 53 heavy (non-hydrogen) atoms. The fourth-order valence-corrected chi connectivity index (χ4v) is 5.17. The summed E-state index contributed by atoms with van der Waals surface area (Å²) >= 11 is 0. The SMILES string of the molecule is COC(=O)C1=C[C@H](OC(=O)c2ccccn2)[C@@H](NC(C)=O)[C@H]([C@H](OC(=O)c2ccccc2)[C@@H](COC(=O)c2ccccn2)OC(=O)c2ccccc2)O1. The molecule has 272 valence electrons. The summed E-state index contributed by atoms with van der Waals surface area (Å²) in [5, 5.41) is 2.63. The highest BCUT2D eigenvalue weighted by molar-refractivity contribution is 5.91. The topological polar surface area (TPSA) is 196 Å². The molecule has 4 aromatic rings. The van der Waals surface area contributed by atoms with Crippen molar-refractivity contribution in [3.05, 3.63) is 144 Å². The molecule has 3 heterocycles. The van der Waals surface area contributed by atoms with Gasteiger partial charge in [0.1, 0.15) is 30.1 Å². The van der Waals surface area contributed by atoms with Crippen LogP contribution in [0.5, 0.6) is 0 Å². The summed E-state index contributed by atoms with van der Waals surface area (Å²) in [6.45, 7) is 0.420. The van der Waals surface area contributed by atoms with Gasteiger partial charge in [0.25, 0.3) is 0 Å². The molecule has 1 aliphatic rings. The van der Waals surface area contributed by atoms with Crippen LogP contribution in [0, 0.1) is 0 Å². The molecule has 0 aliphatic carbocycles. The second kappa shape index (κ2) is 17.8. The van der Waals surface area contributed by atoms with E-state index in [0.29, 0.717) is 0 Å². The molecule has 2 aromatic heterocycles. The van der Waals surface area contributed by atoms with Crippen molar-refractivity contribution in [3.63, 3.8) is 0 Å². The third-order valence-electron chi connectivity index (χ3n) is 7.62. The third kappa shape index (κ3) is 9.88. The van der Waals surface area contributed by atoms with Gasteiger partial charge in [-0.2, -0.15) is 0 Å². The molecule has 2 aromatic carbocycles. The van der Waals surface area contributed by atoms with Gasteiger partial charge in [-0.05, 0) is 48.5 Å². The van der Waals surface area contributed by atoms with E-state index in [-0.39, 0.29) is 22.5 Å². The van der Waals surface area contributed by atoms with E-state index in [0.717, 1.165) is 13.2 Å². The van der Waals surface area contributed by atoms with Crippen LogP contribution < -0.4 is 5.32 Å². The Kier molecular flexibility index (Phi) is 12.6. The average Bonchev–Trinajstić information content (AvgIpc) is 3.19. The summed E-state index contributed by atoms with van der Waals surface area (Å²) < 4.78 is 34.1. The number of rotatable bonds is 13. The molecule has 0 unspecified atom stereocenters. The molecular weight excluding hydrogens is 690 g/mol. The molecule has 0 radical (unpaired) electrons. The Morgan fingerprint density at radius 3 is 1.77 bits per heavy atom. The summed E-state index contributed by atoms with van der Waals surface area (Å²) in [6, 6.07) is 23.2. The molecule has 1 amide bonds. The number of hydrogen-bond donors (Lipinski definition) is 1. The number of ether oxygens (including phenoxy) is 6. The van der Waals surface area contributed by atoms with Gasteiger partial charge in [-0.1, -0.05) is 48.5 Å². The number of amides is 1. The number of carbonyl (C=O) groups is 6. The molecule has 5 atom stereocenters. The highest BCUT2D eigenvalue weighted by Crippen LogP contribution is 2.29. The molecule has 15 heteroatoms. The number of benzene rings is 2. The maximum absolute atomic E-state index is 13.7. The molecule has 5 rings (SSSR count). The first-order valence-corrected chi connectivity index (χ1v) is 16.1. The zero-order chi connectivity index (χ0) is 37.7. The zero-order valence-corrected chi connectivity index (χ0v) is 28.4. The molecule has 1 aliphatic heterocycles. The van der Waals surface area contributed by atoms with Crippen LogP contribution in [0.15, 0.2) is 121 Å². The fourth-order valence-electron chi connectivity index (χ4n) is 5.17. The van der Waals surface area contributed by atoms with Crippen LogP contribution in [-0.4, -0.2) is 89.9 Å². The van der Waals surface area contributed by atoms with Crippen molar-refractivity contribution in [1.82, 2.24) is 15.3 Å². The summed E-state index contributed by atoms with van der Waals surface area (Å²) in [7, 11) is 1.07. The standard InChI is InChI=1S/C38H33N3O12/c1-23(42)41-31-28(51-37(46)27-18-10-12-20-40-27)21-29(38(47)48-2)50-33(31)32(53-35(44)25-15-7-4-8-16-25)30(52-34(43)24-13-5-3-6-14-24)22-49-36(45)26-17-9-11-19-39-26/h3-21,28,30-33H,22H2,1-2H3,(H,41,42)/t28-,30+,31+,32+,33+/m0/s1. The minimum absolute atomic E-state index is 0.0601. The molecular formula is C38H33N3O12. The minimum atomic E-state index is -1.78. The van der Waals surface area contributed by atoms with Crippen molar-refractivity contribution < 1.29 is 57.2 Å². The van der Waals surface area contributed by atoms with Gasteiger partial charge >= 0.3 is 29.8 Å². The lowest BCUT2D eigenvalue weighted by Gasteiger charge is -2.41. The Bertz CT molecular complexity index is 1940. The zero-order valence-electron chi connectivity index (χ0n) is 28.4. The second-order valence-corrected chi connectivity index (χ2v) is 11.3. The van der Waals surface area contributed by atoms with Gasteiger partial charge in [0.05, 0.1) is 18.2 Å². The maximum Gasteiger partial charge on any atom is 0.373 e. The number of nitrogens with one attached hydrogen (secondary N) is 1. The first-order chi connectivity index (χ1) is 25.6. The molecule has 0 saturated carbocycles. The first-order valence-electron chi connectivity index (χ1n) is 16.1. The van der Waals surface area contributed by atoms with E-state index in [1.807, 2.05) is 0 Å². The van der Waals surface area contributed by atoms with Crippen molar-refractivity contribution in [3.8, 4) is 0 Å². The Labute approximate surface area is 302 Å². The van der Waals surface area contributed by atoms with E-state index >= 15 is 0 Å². The molecule has 0 bridgehead atoms. The average molecular weight is 724 g/mol. The Balaban J connectivity index is 1.61. The summed E-state index contributed by atoms with van der Waals surface area (Å²) in [4.78, 5) is 87.3. The lowest BCUT2D eigenvalue weighted by atomic mass is 9.93. The quantitative estimate of drug-likeness (QED) is 0.156. The number of nitrogens with zero attached hydrogens (tertiary/aromatic N) is 2. The van der Waals surface area contributed by atoms with Crippen LogP contribution in [-0.2, 0) is 38.0 Å². The normalized spacial score (nSPS) is 17.3. The number of esters is 5. The molecule has 0 spiro atoms. The summed E-state index contributed by atoms with van der Waals surface area (Å²) in [5.74, 6) is -5.90. The van der Waals surface area contributed by atoms with Gasteiger partial charge in [0, 0.05) is 25.4 Å². The van der Waals surface area contributed by atoms with Crippen LogP contribution in [0.2, 0.25) is 0 Å². The van der Waals surface area contributed by atoms with Gasteiger partial charge in [-0.15, -0.1) is 0 Å². The van der Waals surface area contributed by atoms with Crippen LogP contribution in [0.4, 0.5) is 0 Å². The van der Waals surface area contributed by atoms with E-state index in [9.17, 15) is 28.8 Å². The second-order valence-electron chi connectivity index (χ2n) is 11.3. The van der Waals surface area contributed by atoms with E-state index in [1.54, 1.807) is 60.7 Å². The fraction of sp³-hybridized carbons (Fsp3) is 0.211. The van der Waals surface area contributed by atoms with Crippen molar-refractivity contribution in [2.24, 2.45) is 0 Å². The van der Waals surface area contributed by atoms with E-state index in [4.69, 9.17) is 28.4 Å². The van der Waals surface area contributed by atoms with Crippen LogP contribution in [0.3, 0.4) is 0 Å². The Hall–Kier alpha value is -6.90. The van der Waals surface area contributed by atoms with Gasteiger partial charge < -0.3 is 33.7 Å². The molecule has 15 nitrogen and oxygen atoms in total. The monoisotopic (exact) mass is 723 g/mol. The van der Waals surface area contributed by atoms with Crippen LogP contribution in [0.25, 0.3) is 0 Å². The van der Waals surface area contributed by atoms with Crippen LogP contribution in [0.1, 0.15) is 48.6 Å². The lowest BCUT2D eigenvalue weighted by molar-refractivity contribution is -0.153. The van der Waals surface area contributed by atoms with Crippen molar-refractivity contribution >= 4 is 35.8 Å². The number of hydrogen-bond acceptors (Lipinski definition) is 14. The van der Waals surface area contributed by atoms with Crippen molar-refractivity contribution in [2.45, 2.75) is 37.4 Å². The number of carbonyl (C=O) groups excluding carboxylic acids is 6. The molecule has 0 saturated heterocycles. The predicted octanol–water partition coefficient (Wildman–Crippen LogP) is 3.27. The Morgan fingerprint density at radius 1 is 0.698 bits per heavy atom. The van der Waals surface area contributed by atoms with Crippen molar-refractivity contribution in [1.29, 1.82) is 0 Å². The number of methoxy groups -OCH3 is 1. The largest absolute Gasteiger partial charge is 0.477 e. The highest BCUT2D eigenvalue weighted by Gasteiger charge is 2.50. The first kappa shape index (κ1) is 37.4. The van der Waals surface area contributed by atoms with E-state index in [1.165, 1.54) is 55.7 Å². The van der Waals surface area contributed by atoms with Crippen molar-refractivity contribution in [2.75, 3.05) is 13.7 Å². The van der Waals surface area contributed by atoms with E-state index < -0.39 is 78.6 Å². The summed E-state index contributed by atoms with van der Waals surface area (Å²) in [5.41, 5.74) is -0.0407. The summed E-state index contributed by atoms with van der Waals surface area (Å²) in [6.07, 6.45) is -2.79. The molecule has 0 fully saturated rings. The third-order valence-corrected chi connectivity index (χ3v) is 7.62. The van der Waals surface area contributed by atoms with Gasteiger partial charge in [-0.25, -0.2) is 33.9 Å². The van der Waals surface area contributed by atoms with Gasteiger partial charge in [0.15, 0.2) is 18.3 Å². The maximum atomic E-state index is 13.7. The van der Waals surface area contributed by atoms with Crippen LogP contribution >= 0.6 is 0 Å². The number of pyridine rings is 2. The van der Waals surface area contributed by atoms with Gasteiger partial charge in [-0.3, -0.25) is 4.79 Å². The van der Waals surface area contributed by atoms with E-state index in [2.05, 4.69) is 15.3 Å². The predicted molar refractivity (Wildman–Crippen MR) is 182 cm³/mol. The highest BCUT2D eigenvalue weighted by atomic mass is 16.6. The van der Waals surface area contributed by atoms with Gasteiger partial charge in [0.2, 0.25) is 11.7 Å². The Morgan fingerprint density at radius 2 is 1.25 bits per heavy atom. The lowest BCUT2D eigenvalue weighted by Crippen LogP contribution is -2.62. The number of aromatic nitrogens is 2. The smallest absolute Gasteiger partial charge is 0.373 e.